The van der Waals surface area contributed by atoms with E-state index in [4.69, 9.17) is 10.00 Å². The number of ether oxygens (including phenoxy) is 1. The van der Waals surface area contributed by atoms with E-state index in [1.54, 1.807) is 31.2 Å². The van der Waals surface area contributed by atoms with E-state index in [9.17, 15) is 4.79 Å². The van der Waals surface area contributed by atoms with Crippen molar-refractivity contribution in [2.45, 2.75) is 33.8 Å². The van der Waals surface area contributed by atoms with Crippen molar-refractivity contribution >= 4 is 11.6 Å². The van der Waals surface area contributed by atoms with Crippen molar-refractivity contribution in [2.24, 2.45) is 5.10 Å². The predicted octanol–water partition coefficient (Wildman–Crippen LogP) is 3.48. The number of nitrogens with one attached hydrogen (secondary N) is 1. The smallest absolute Gasteiger partial charge is 0.280 e. The van der Waals surface area contributed by atoms with Gasteiger partial charge in [0.25, 0.3) is 5.91 Å². The van der Waals surface area contributed by atoms with Gasteiger partial charge in [-0.2, -0.15) is 10.4 Å². The molecule has 2 aromatic carbocycles. The fourth-order valence-corrected chi connectivity index (χ4v) is 2.13. The minimum absolute atomic E-state index is 0.340. The molecule has 0 aliphatic carbocycles. The van der Waals surface area contributed by atoms with Crippen LogP contribution in [0.25, 0.3) is 0 Å². The molecular weight excluding hydrogens is 314 g/mol. The maximum absolute atomic E-state index is 12.1. The number of nitrogens with zero attached hydrogens (tertiary/aromatic N) is 2. The van der Waals surface area contributed by atoms with Crippen molar-refractivity contribution in [3.63, 3.8) is 0 Å². The number of carbonyl (C=O) groups is 1. The van der Waals surface area contributed by atoms with Crippen molar-refractivity contribution in [3.8, 4) is 11.8 Å². The van der Waals surface area contributed by atoms with Crippen LogP contribution in [0.15, 0.2) is 47.6 Å². The Morgan fingerprint density at radius 1 is 1.16 bits per heavy atom. The third-order valence-corrected chi connectivity index (χ3v) is 3.92. The summed E-state index contributed by atoms with van der Waals surface area (Å²) in [6.07, 6.45) is -0.704. The summed E-state index contributed by atoms with van der Waals surface area (Å²) in [5.74, 6) is 0.184. The SMILES string of the molecule is C/C(=N\NC(=O)C(C)Oc1ccc(C#N)cc1)c1ccc(C)c(C)c1. The lowest BCUT2D eigenvalue weighted by molar-refractivity contribution is -0.127. The van der Waals surface area contributed by atoms with Crippen molar-refractivity contribution in [1.82, 2.24) is 5.43 Å². The molecule has 1 unspecified atom stereocenters. The highest BCUT2D eigenvalue weighted by Crippen LogP contribution is 2.14. The first kappa shape index (κ1) is 18.2. The summed E-state index contributed by atoms with van der Waals surface area (Å²) in [4.78, 5) is 12.1. The monoisotopic (exact) mass is 335 g/mol. The molecule has 5 heteroatoms. The van der Waals surface area contributed by atoms with Crippen LogP contribution >= 0.6 is 0 Å². The van der Waals surface area contributed by atoms with Crippen LogP contribution in [0.5, 0.6) is 5.75 Å². The molecule has 1 N–H and O–H groups in total. The zero-order valence-corrected chi connectivity index (χ0v) is 14.8. The van der Waals surface area contributed by atoms with Gasteiger partial charge in [-0.15, -0.1) is 0 Å². The zero-order valence-electron chi connectivity index (χ0n) is 14.8. The van der Waals surface area contributed by atoms with Gasteiger partial charge in [-0.3, -0.25) is 4.79 Å². The third-order valence-electron chi connectivity index (χ3n) is 3.92. The van der Waals surface area contributed by atoms with E-state index in [-0.39, 0.29) is 5.91 Å². The number of carbonyl (C=O) groups excluding carboxylic acids is 1. The minimum atomic E-state index is -0.704. The molecule has 25 heavy (non-hydrogen) atoms. The Hall–Kier alpha value is -3.13. The van der Waals surface area contributed by atoms with Crippen molar-refractivity contribution < 1.29 is 9.53 Å². The summed E-state index contributed by atoms with van der Waals surface area (Å²) >= 11 is 0. The molecule has 2 rings (SSSR count). The van der Waals surface area contributed by atoms with Crippen molar-refractivity contribution in [1.29, 1.82) is 5.26 Å². The Labute approximate surface area is 147 Å². The van der Waals surface area contributed by atoms with Gasteiger partial charge in [0.1, 0.15) is 5.75 Å². The molecule has 0 aromatic heterocycles. The lowest BCUT2D eigenvalue weighted by atomic mass is 10.0. The third kappa shape index (κ3) is 4.92. The van der Waals surface area contributed by atoms with E-state index in [0.717, 1.165) is 11.3 Å². The number of hydrogen-bond acceptors (Lipinski definition) is 4. The summed E-state index contributed by atoms with van der Waals surface area (Å²) in [6.45, 7) is 7.58. The maximum Gasteiger partial charge on any atom is 0.280 e. The number of hydrazone groups is 1. The number of rotatable bonds is 5. The van der Waals surface area contributed by atoms with E-state index >= 15 is 0 Å². The molecule has 0 aliphatic heterocycles. The van der Waals surface area contributed by atoms with E-state index in [0.29, 0.717) is 11.3 Å². The largest absolute Gasteiger partial charge is 0.481 e. The highest BCUT2D eigenvalue weighted by Gasteiger charge is 2.14. The first-order chi connectivity index (χ1) is 11.9. The molecule has 0 aliphatic rings. The number of aryl methyl sites for hydroxylation is 2. The van der Waals surface area contributed by atoms with Crippen LogP contribution in [0, 0.1) is 25.2 Å². The number of benzene rings is 2. The van der Waals surface area contributed by atoms with Gasteiger partial charge in [-0.05, 0) is 74.7 Å². The molecule has 1 atom stereocenters. The Kier molecular flexibility index (Phi) is 5.91. The Morgan fingerprint density at radius 3 is 2.44 bits per heavy atom. The van der Waals surface area contributed by atoms with Gasteiger partial charge in [0.2, 0.25) is 0 Å². The summed E-state index contributed by atoms with van der Waals surface area (Å²) < 4.78 is 5.56. The molecule has 0 bridgehead atoms. The molecule has 2 aromatic rings. The van der Waals surface area contributed by atoms with Gasteiger partial charge in [-0.25, -0.2) is 5.43 Å². The predicted molar refractivity (Wildman–Crippen MR) is 97.5 cm³/mol. The molecule has 0 radical (unpaired) electrons. The van der Waals surface area contributed by atoms with E-state index in [1.165, 1.54) is 11.1 Å². The van der Waals surface area contributed by atoms with E-state index in [2.05, 4.69) is 17.5 Å². The van der Waals surface area contributed by atoms with Crippen LogP contribution in [-0.2, 0) is 4.79 Å². The Balaban J connectivity index is 1.97. The fourth-order valence-electron chi connectivity index (χ4n) is 2.13. The summed E-state index contributed by atoms with van der Waals surface area (Å²) in [6, 6.07) is 14.7. The number of nitriles is 1. The fraction of sp³-hybridized carbons (Fsp3) is 0.250. The number of hydrogen-bond donors (Lipinski definition) is 1. The van der Waals surface area contributed by atoms with E-state index < -0.39 is 6.10 Å². The highest BCUT2D eigenvalue weighted by atomic mass is 16.5. The van der Waals surface area contributed by atoms with Crippen LogP contribution < -0.4 is 10.2 Å². The molecule has 1 amide bonds. The maximum atomic E-state index is 12.1. The second-order valence-electron chi connectivity index (χ2n) is 5.87. The molecular formula is C20H21N3O2. The average Bonchev–Trinajstić information content (AvgIpc) is 2.62. The van der Waals surface area contributed by atoms with E-state index in [1.807, 2.05) is 38.1 Å². The summed E-state index contributed by atoms with van der Waals surface area (Å²) in [5.41, 5.74) is 7.15. The second kappa shape index (κ2) is 8.11. The van der Waals surface area contributed by atoms with Gasteiger partial charge < -0.3 is 4.74 Å². The van der Waals surface area contributed by atoms with Crippen molar-refractivity contribution in [2.75, 3.05) is 0 Å². The normalized spacial score (nSPS) is 12.2. The van der Waals surface area contributed by atoms with Crippen LogP contribution in [-0.4, -0.2) is 17.7 Å². The van der Waals surface area contributed by atoms with Crippen LogP contribution in [0.1, 0.15) is 36.1 Å². The second-order valence-corrected chi connectivity index (χ2v) is 5.87. The Morgan fingerprint density at radius 2 is 1.84 bits per heavy atom. The standard InChI is InChI=1S/C20H21N3O2/c1-13-5-8-18(11-14(13)2)15(3)22-23-20(24)16(4)25-19-9-6-17(12-21)7-10-19/h5-11,16H,1-4H3,(H,23,24)/b22-15+. The highest BCUT2D eigenvalue weighted by molar-refractivity contribution is 5.99. The first-order valence-electron chi connectivity index (χ1n) is 7.99. The minimum Gasteiger partial charge on any atom is -0.481 e. The quantitative estimate of drug-likeness (QED) is 0.671. The molecule has 0 fully saturated rings. The average molecular weight is 335 g/mol. The molecule has 5 nitrogen and oxygen atoms in total. The molecule has 0 spiro atoms. The molecule has 0 saturated heterocycles. The lowest BCUT2D eigenvalue weighted by Gasteiger charge is -2.13. The Bertz CT molecular complexity index is 833. The number of amides is 1. The van der Waals surface area contributed by atoms with Crippen LogP contribution in [0.3, 0.4) is 0 Å². The molecule has 0 heterocycles. The molecule has 128 valence electrons. The van der Waals surface area contributed by atoms with Gasteiger partial charge in [0.05, 0.1) is 17.3 Å². The van der Waals surface area contributed by atoms with Crippen LogP contribution in [0.2, 0.25) is 0 Å². The van der Waals surface area contributed by atoms with Gasteiger partial charge in [-0.1, -0.05) is 12.1 Å². The van der Waals surface area contributed by atoms with Gasteiger partial charge in [0, 0.05) is 0 Å². The van der Waals surface area contributed by atoms with Gasteiger partial charge in [0.15, 0.2) is 6.10 Å². The summed E-state index contributed by atoms with van der Waals surface area (Å²) in [5, 5.41) is 12.9. The van der Waals surface area contributed by atoms with Crippen LogP contribution in [0.4, 0.5) is 0 Å². The first-order valence-corrected chi connectivity index (χ1v) is 7.99. The van der Waals surface area contributed by atoms with Crippen molar-refractivity contribution in [3.05, 3.63) is 64.7 Å². The molecule has 0 saturated carbocycles. The summed E-state index contributed by atoms with van der Waals surface area (Å²) in [7, 11) is 0. The zero-order chi connectivity index (χ0) is 18.4. The topological polar surface area (TPSA) is 74.5 Å². The lowest BCUT2D eigenvalue weighted by Crippen LogP contribution is -2.33. The van der Waals surface area contributed by atoms with Gasteiger partial charge >= 0.3 is 0 Å².